The van der Waals surface area contributed by atoms with Gasteiger partial charge in [-0.2, -0.15) is 0 Å². The Bertz CT molecular complexity index is 305. The average Bonchev–Trinajstić information content (AvgIpc) is 2.20. The van der Waals surface area contributed by atoms with Gasteiger partial charge in [0.25, 0.3) is 0 Å². The lowest BCUT2D eigenvalue weighted by Gasteiger charge is -2.06. The highest BCUT2D eigenvalue weighted by molar-refractivity contribution is 6.35. The van der Waals surface area contributed by atoms with Crippen molar-refractivity contribution in [1.82, 2.24) is 5.32 Å². The summed E-state index contributed by atoms with van der Waals surface area (Å²) in [7, 11) is 0. The van der Waals surface area contributed by atoms with Gasteiger partial charge in [-0.25, -0.2) is 0 Å². The van der Waals surface area contributed by atoms with Crippen LogP contribution in [0.3, 0.4) is 0 Å². The highest BCUT2D eigenvalue weighted by Crippen LogP contribution is 2.20. The summed E-state index contributed by atoms with van der Waals surface area (Å²) < 4.78 is 0. The molecule has 0 amide bonds. The monoisotopic (exact) mass is 247 g/mol. The second-order valence-corrected chi connectivity index (χ2v) is 4.16. The van der Waals surface area contributed by atoms with E-state index in [-0.39, 0.29) is 6.61 Å². The predicted octanol–water partition coefficient (Wildman–Crippen LogP) is 2.51. The first-order valence-corrected chi connectivity index (χ1v) is 5.75. The molecule has 0 aliphatic heterocycles. The molecule has 1 aromatic rings. The molecule has 0 aromatic heterocycles. The normalized spacial score (nSPS) is 10.6. The molecule has 15 heavy (non-hydrogen) atoms. The number of hydrogen-bond acceptors (Lipinski definition) is 2. The van der Waals surface area contributed by atoms with Crippen molar-refractivity contribution in [3.8, 4) is 0 Å². The smallest absolute Gasteiger partial charge is 0.0453 e. The van der Waals surface area contributed by atoms with Gasteiger partial charge in [-0.15, -0.1) is 0 Å². The molecule has 0 heterocycles. The molecular formula is C11H15Cl2NO. The van der Waals surface area contributed by atoms with Gasteiger partial charge in [-0.3, -0.25) is 0 Å². The van der Waals surface area contributed by atoms with Gasteiger partial charge in [0.15, 0.2) is 0 Å². The standard InChI is InChI=1S/C11H15Cl2NO/c12-10-3-2-9(11(13)8-10)4-6-14-5-1-7-15/h2-3,8,14-15H,1,4-7H2. The molecule has 1 rings (SSSR count). The third kappa shape index (κ3) is 4.85. The van der Waals surface area contributed by atoms with Gasteiger partial charge >= 0.3 is 0 Å². The number of halogens is 2. The van der Waals surface area contributed by atoms with Crippen molar-refractivity contribution in [3.63, 3.8) is 0 Å². The zero-order valence-electron chi connectivity index (χ0n) is 8.47. The Morgan fingerprint density at radius 2 is 2.00 bits per heavy atom. The number of rotatable bonds is 6. The Morgan fingerprint density at radius 1 is 1.20 bits per heavy atom. The van der Waals surface area contributed by atoms with Gasteiger partial charge in [0.1, 0.15) is 0 Å². The Hall–Kier alpha value is -0.280. The molecule has 2 N–H and O–H groups in total. The maximum atomic E-state index is 8.58. The van der Waals surface area contributed by atoms with Crippen molar-refractivity contribution in [2.75, 3.05) is 19.7 Å². The Kier molecular flexibility index (Phi) is 6.03. The highest BCUT2D eigenvalue weighted by atomic mass is 35.5. The molecule has 0 aliphatic rings. The molecule has 0 fully saturated rings. The number of aliphatic hydroxyl groups excluding tert-OH is 1. The number of aliphatic hydroxyl groups is 1. The fraction of sp³-hybridized carbons (Fsp3) is 0.455. The molecule has 0 bridgehead atoms. The zero-order chi connectivity index (χ0) is 11.1. The minimum absolute atomic E-state index is 0.231. The Labute approximate surface area is 100 Å². The molecule has 1 aromatic carbocycles. The van der Waals surface area contributed by atoms with Crippen molar-refractivity contribution in [2.45, 2.75) is 12.8 Å². The quantitative estimate of drug-likeness (QED) is 0.758. The van der Waals surface area contributed by atoms with Crippen molar-refractivity contribution in [3.05, 3.63) is 33.8 Å². The molecule has 0 spiro atoms. The molecule has 84 valence electrons. The number of nitrogens with one attached hydrogen (secondary N) is 1. The van der Waals surface area contributed by atoms with Crippen LogP contribution in [0.15, 0.2) is 18.2 Å². The van der Waals surface area contributed by atoms with Gasteiger partial charge in [0.2, 0.25) is 0 Å². The van der Waals surface area contributed by atoms with Crippen LogP contribution in [0.5, 0.6) is 0 Å². The second-order valence-electron chi connectivity index (χ2n) is 3.31. The molecule has 0 saturated carbocycles. The van der Waals surface area contributed by atoms with E-state index in [0.717, 1.165) is 31.5 Å². The van der Waals surface area contributed by atoms with Crippen molar-refractivity contribution >= 4 is 23.2 Å². The molecule has 0 aliphatic carbocycles. The number of hydrogen-bond donors (Lipinski definition) is 2. The van der Waals surface area contributed by atoms with Crippen LogP contribution in [0, 0.1) is 0 Å². The van der Waals surface area contributed by atoms with Crippen molar-refractivity contribution < 1.29 is 5.11 Å². The predicted molar refractivity (Wildman–Crippen MR) is 64.7 cm³/mol. The van der Waals surface area contributed by atoms with E-state index in [1.54, 1.807) is 6.07 Å². The minimum Gasteiger partial charge on any atom is -0.396 e. The van der Waals surface area contributed by atoms with Crippen LogP contribution in [0.4, 0.5) is 0 Å². The summed E-state index contributed by atoms with van der Waals surface area (Å²) in [6, 6.07) is 5.54. The van der Waals surface area contributed by atoms with Crippen LogP contribution in [0.1, 0.15) is 12.0 Å². The summed E-state index contributed by atoms with van der Waals surface area (Å²) in [5, 5.41) is 13.2. The van der Waals surface area contributed by atoms with E-state index in [9.17, 15) is 0 Å². The lowest BCUT2D eigenvalue weighted by atomic mass is 10.1. The zero-order valence-corrected chi connectivity index (χ0v) is 9.98. The summed E-state index contributed by atoms with van der Waals surface area (Å²) in [5.74, 6) is 0. The van der Waals surface area contributed by atoms with E-state index in [0.29, 0.717) is 10.0 Å². The van der Waals surface area contributed by atoms with Gasteiger partial charge in [0, 0.05) is 16.7 Å². The molecule has 0 saturated heterocycles. The summed E-state index contributed by atoms with van der Waals surface area (Å²) in [6.07, 6.45) is 1.66. The first kappa shape index (κ1) is 12.8. The van der Waals surface area contributed by atoms with Crippen LogP contribution < -0.4 is 5.32 Å². The van der Waals surface area contributed by atoms with E-state index in [1.807, 2.05) is 12.1 Å². The van der Waals surface area contributed by atoms with Crippen LogP contribution in [-0.4, -0.2) is 24.8 Å². The van der Waals surface area contributed by atoms with Crippen LogP contribution in [0.25, 0.3) is 0 Å². The summed E-state index contributed by atoms with van der Waals surface area (Å²) in [4.78, 5) is 0. The Morgan fingerprint density at radius 3 is 2.67 bits per heavy atom. The van der Waals surface area contributed by atoms with E-state index < -0.39 is 0 Å². The SMILES string of the molecule is OCCCNCCc1ccc(Cl)cc1Cl. The number of benzene rings is 1. The molecule has 2 nitrogen and oxygen atoms in total. The highest BCUT2D eigenvalue weighted by Gasteiger charge is 2.00. The van der Waals surface area contributed by atoms with Gasteiger partial charge < -0.3 is 10.4 Å². The summed E-state index contributed by atoms with van der Waals surface area (Å²) in [6.45, 7) is 1.93. The first-order chi connectivity index (χ1) is 7.24. The molecular weight excluding hydrogens is 233 g/mol. The Balaban J connectivity index is 2.31. The second kappa shape index (κ2) is 7.07. The molecule has 0 radical (unpaired) electrons. The maximum absolute atomic E-state index is 8.58. The van der Waals surface area contributed by atoms with Gasteiger partial charge in [-0.1, -0.05) is 29.3 Å². The molecule has 0 atom stereocenters. The lowest BCUT2D eigenvalue weighted by molar-refractivity contribution is 0.286. The third-order valence-corrected chi connectivity index (χ3v) is 2.68. The van der Waals surface area contributed by atoms with Gasteiger partial charge in [0.05, 0.1) is 0 Å². The van der Waals surface area contributed by atoms with Crippen molar-refractivity contribution in [1.29, 1.82) is 0 Å². The van der Waals surface area contributed by atoms with E-state index in [2.05, 4.69) is 5.32 Å². The third-order valence-electron chi connectivity index (χ3n) is 2.10. The minimum atomic E-state index is 0.231. The topological polar surface area (TPSA) is 32.3 Å². The van der Waals surface area contributed by atoms with Crippen LogP contribution in [-0.2, 0) is 6.42 Å². The van der Waals surface area contributed by atoms with E-state index in [4.69, 9.17) is 28.3 Å². The lowest BCUT2D eigenvalue weighted by Crippen LogP contribution is -2.19. The fourth-order valence-corrected chi connectivity index (χ4v) is 1.78. The maximum Gasteiger partial charge on any atom is 0.0453 e. The van der Waals surface area contributed by atoms with Crippen molar-refractivity contribution in [2.24, 2.45) is 0 Å². The van der Waals surface area contributed by atoms with E-state index in [1.165, 1.54) is 0 Å². The van der Waals surface area contributed by atoms with E-state index >= 15 is 0 Å². The van der Waals surface area contributed by atoms with Gasteiger partial charge in [-0.05, 0) is 43.6 Å². The molecule has 4 heteroatoms. The van der Waals surface area contributed by atoms with Crippen LogP contribution >= 0.6 is 23.2 Å². The fourth-order valence-electron chi connectivity index (χ4n) is 1.28. The van der Waals surface area contributed by atoms with Crippen LogP contribution in [0.2, 0.25) is 10.0 Å². The largest absolute Gasteiger partial charge is 0.396 e. The average molecular weight is 248 g/mol. The molecule has 0 unspecified atom stereocenters. The summed E-state index contributed by atoms with van der Waals surface area (Å²) in [5.41, 5.74) is 1.09. The summed E-state index contributed by atoms with van der Waals surface area (Å²) >= 11 is 11.8. The first-order valence-electron chi connectivity index (χ1n) is 4.99.